The molecule has 16 heavy (non-hydrogen) atoms. The molecule has 0 aromatic rings. The number of likely N-dealkylation sites (N-methyl/N-ethyl adjacent to an activating group) is 1. The number of halogens is 1. The fraction of sp³-hybridized carbons (Fsp3) is 0.556. The minimum atomic E-state index is -1.47. The van der Waals surface area contributed by atoms with E-state index in [4.69, 9.17) is 0 Å². The van der Waals surface area contributed by atoms with Crippen molar-refractivity contribution in [3.8, 4) is 11.7 Å². The average molecular weight is 288 g/mol. The van der Waals surface area contributed by atoms with Gasteiger partial charge in [-0.25, -0.2) is 0 Å². The van der Waals surface area contributed by atoms with Gasteiger partial charge in [0.25, 0.3) is 0 Å². The average Bonchev–Trinajstić information content (AvgIpc) is 2.54. The molecule has 0 aliphatic carbocycles. The van der Waals surface area contributed by atoms with Crippen molar-refractivity contribution < 1.29 is 19.3 Å². The van der Waals surface area contributed by atoms with Crippen LogP contribution in [0, 0.1) is 17.7 Å². The lowest BCUT2D eigenvalue weighted by Crippen LogP contribution is -2.31. The van der Waals surface area contributed by atoms with Gasteiger partial charge in [-0.2, -0.15) is 0 Å². The molecular formula is C9H11BBrNO4. The van der Waals surface area contributed by atoms with Gasteiger partial charge in [-0.1, -0.05) is 27.7 Å². The van der Waals surface area contributed by atoms with Crippen LogP contribution in [-0.4, -0.2) is 54.3 Å². The van der Waals surface area contributed by atoms with Crippen molar-refractivity contribution in [3.05, 3.63) is 0 Å². The second-order valence-corrected chi connectivity index (χ2v) is 4.02. The van der Waals surface area contributed by atoms with Crippen molar-refractivity contribution in [1.29, 1.82) is 0 Å². The molecule has 1 heterocycles. The molecule has 1 saturated heterocycles. The maximum Gasteiger partial charge on any atom is 0.618 e. The van der Waals surface area contributed by atoms with Crippen molar-refractivity contribution in [2.24, 2.45) is 5.92 Å². The Labute approximate surface area is 102 Å². The Hall–Kier alpha value is -0.835. The predicted molar refractivity (Wildman–Crippen MR) is 61.6 cm³/mol. The number of rotatable bonds is 2. The summed E-state index contributed by atoms with van der Waals surface area (Å²) in [5, 5.41) is 9.58. The van der Waals surface area contributed by atoms with Gasteiger partial charge in [0.1, 0.15) is 5.92 Å². The molecule has 0 saturated carbocycles. The first kappa shape index (κ1) is 13.2. The first-order chi connectivity index (χ1) is 7.54. The zero-order valence-corrected chi connectivity index (χ0v) is 10.4. The molecule has 1 fully saturated rings. The van der Waals surface area contributed by atoms with Crippen molar-refractivity contribution >= 4 is 34.8 Å². The Balaban J connectivity index is 2.49. The second kappa shape index (κ2) is 6.04. The highest BCUT2D eigenvalue weighted by Gasteiger charge is 2.36. The zero-order chi connectivity index (χ0) is 12.1. The maximum atomic E-state index is 11.5. The van der Waals surface area contributed by atoms with Crippen molar-refractivity contribution in [2.75, 3.05) is 25.5 Å². The van der Waals surface area contributed by atoms with Crippen LogP contribution in [0.5, 0.6) is 0 Å². The number of carbonyl (C=O) groups is 2. The van der Waals surface area contributed by atoms with Crippen molar-refractivity contribution in [2.45, 2.75) is 0 Å². The Morgan fingerprint density at radius 3 is 3.00 bits per heavy atom. The summed E-state index contributed by atoms with van der Waals surface area (Å²) in [4.78, 5) is 24.5. The lowest BCUT2D eigenvalue weighted by atomic mass is 9.92. The Bertz CT molecular complexity index is 351. The van der Waals surface area contributed by atoms with E-state index in [9.17, 15) is 14.6 Å². The summed E-state index contributed by atoms with van der Waals surface area (Å²) in [5.41, 5.74) is 0. The Morgan fingerprint density at radius 1 is 1.81 bits per heavy atom. The van der Waals surface area contributed by atoms with Crippen LogP contribution in [0.25, 0.3) is 0 Å². The monoisotopic (exact) mass is 287 g/mol. The van der Waals surface area contributed by atoms with E-state index in [1.165, 1.54) is 0 Å². The molecular weight excluding hydrogens is 277 g/mol. The van der Waals surface area contributed by atoms with Gasteiger partial charge in [0.2, 0.25) is 0 Å². The van der Waals surface area contributed by atoms with Crippen LogP contribution in [0.15, 0.2) is 0 Å². The fourth-order valence-corrected chi connectivity index (χ4v) is 1.57. The molecule has 0 aromatic carbocycles. The first-order valence-corrected chi connectivity index (χ1v) is 5.81. The van der Waals surface area contributed by atoms with Gasteiger partial charge < -0.3 is 9.68 Å². The molecule has 86 valence electrons. The largest absolute Gasteiger partial charge is 0.618 e. The van der Waals surface area contributed by atoms with Crippen LogP contribution in [0.3, 0.4) is 0 Å². The Morgan fingerprint density at radius 2 is 2.50 bits per heavy atom. The molecule has 7 heteroatoms. The summed E-state index contributed by atoms with van der Waals surface area (Å²) < 4.78 is 4.63. The quantitative estimate of drug-likeness (QED) is 0.308. The third-order valence-corrected chi connectivity index (χ3v) is 2.39. The molecule has 1 rings (SSSR count). The van der Waals surface area contributed by atoms with Crippen LogP contribution >= 0.6 is 15.9 Å². The molecule has 1 atom stereocenters. The van der Waals surface area contributed by atoms with Gasteiger partial charge in [0, 0.05) is 6.54 Å². The molecule has 1 aliphatic rings. The van der Waals surface area contributed by atoms with E-state index in [1.807, 2.05) is 0 Å². The molecule has 0 amide bonds. The van der Waals surface area contributed by atoms with Gasteiger partial charge in [-0.05, 0) is 7.05 Å². The summed E-state index contributed by atoms with van der Waals surface area (Å²) in [5.74, 6) is 3.11. The molecule has 0 bridgehead atoms. The third kappa shape index (κ3) is 3.63. The molecule has 0 aromatic heterocycles. The molecule has 1 N–H and O–H groups in total. The van der Waals surface area contributed by atoms with Gasteiger partial charge in [0.05, 0.1) is 11.9 Å². The van der Waals surface area contributed by atoms with Crippen molar-refractivity contribution in [3.63, 3.8) is 0 Å². The van der Waals surface area contributed by atoms with E-state index >= 15 is 0 Å². The highest BCUT2D eigenvalue weighted by molar-refractivity contribution is 9.09. The van der Waals surface area contributed by atoms with Crippen LogP contribution in [0.2, 0.25) is 0 Å². The number of likely N-dealkylation sites (tertiary alicyclic amines) is 1. The maximum absolute atomic E-state index is 11.5. The molecule has 5 nitrogen and oxygen atoms in total. The van der Waals surface area contributed by atoms with Crippen LogP contribution in [0.1, 0.15) is 0 Å². The van der Waals surface area contributed by atoms with Crippen molar-refractivity contribution in [1.82, 2.24) is 4.90 Å². The van der Waals surface area contributed by atoms with Gasteiger partial charge in [0.15, 0.2) is 5.78 Å². The molecule has 0 spiro atoms. The van der Waals surface area contributed by atoms with E-state index in [-0.39, 0.29) is 12.3 Å². The van der Waals surface area contributed by atoms with E-state index in [1.54, 1.807) is 11.9 Å². The number of Topliss-reactive ketones (excluding diaryl/α,β-unsaturated/α-hetero) is 1. The Kier molecular flexibility index (Phi) is 4.99. The second-order valence-electron chi connectivity index (χ2n) is 3.46. The molecule has 1 aliphatic heterocycles. The third-order valence-electron chi connectivity index (χ3n) is 2.11. The smallest absolute Gasteiger partial charge is 0.499 e. The minimum absolute atomic E-state index is 0.187. The summed E-state index contributed by atoms with van der Waals surface area (Å²) in [7, 11) is 0.274. The first-order valence-electron chi connectivity index (χ1n) is 4.68. The summed E-state index contributed by atoms with van der Waals surface area (Å²) in [6.45, 7) is 0.569. The molecule has 1 unspecified atom stereocenters. The number of alkyl halides is 1. The summed E-state index contributed by atoms with van der Waals surface area (Å²) in [6, 6.07) is 0. The van der Waals surface area contributed by atoms with E-state index < -0.39 is 19.0 Å². The number of ketones is 1. The van der Waals surface area contributed by atoms with Crippen LogP contribution < -0.4 is 0 Å². The number of hydrogen-bond acceptors (Lipinski definition) is 5. The van der Waals surface area contributed by atoms with E-state index in [2.05, 4.69) is 32.3 Å². The highest BCUT2D eigenvalue weighted by Crippen LogP contribution is 2.12. The predicted octanol–water partition coefficient (Wildman–Crippen LogP) is -0.922. The topological polar surface area (TPSA) is 66.8 Å². The summed E-state index contributed by atoms with van der Waals surface area (Å²) >= 11 is 3.04. The van der Waals surface area contributed by atoms with Crippen LogP contribution in [0.4, 0.5) is 0 Å². The number of nitrogens with zero attached hydrogens (tertiary/aromatic N) is 1. The van der Waals surface area contributed by atoms with Gasteiger partial charge in [-0.15, -0.1) is 0 Å². The zero-order valence-electron chi connectivity index (χ0n) is 8.77. The van der Waals surface area contributed by atoms with Gasteiger partial charge >= 0.3 is 13.1 Å². The SMILES string of the molecule is CN1CC(=O)C(C(=O)OB(O)C#CCBr)C1. The molecule has 0 radical (unpaired) electrons. The number of hydrogen-bond donors (Lipinski definition) is 1. The van der Waals surface area contributed by atoms with E-state index in [0.29, 0.717) is 11.9 Å². The standard InChI is InChI=1S/C9H11BBrNO4/c1-12-5-7(8(13)6-12)9(14)16-10(15)3-2-4-11/h7,15H,4-6H2,1H3. The van der Waals surface area contributed by atoms with Crippen LogP contribution in [-0.2, 0) is 14.2 Å². The lowest BCUT2D eigenvalue weighted by Gasteiger charge is -2.08. The number of carbonyl (C=O) groups excluding carboxylic acids is 2. The lowest BCUT2D eigenvalue weighted by molar-refractivity contribution is -0.142. The fourth-order valence-electron chi connectivity index (χ4n) is 1.41. The van der Waals surface area contributed by atoms with E-state index in [0.717, 1.165) is 0 Å². The minimum Gasteiger partial charge on any atom is -0.499 e. The summed E-state index contributed by atoms with van der Waals surface area (Å²) in [6.07, 6.45) is 0. The highest BCUT2D eigenvalue weighted by atomic mass is 79.9. The van der Waals surface area contributed by atoms with Gasteiger partial charge in [-0.3, -0.25) is 14.5 Å². The normalized spacial score (nSPS) is 20.2.